The first kappa shape index (κ1) is 14.3. The summed E-state index contributed by atoms with van der Waals surface area (Å²) in [6, 6.07) is -0.0786. The van der Waals surface area contributed by atoms with Crippen LogP contribution in [0.3, 0.4) is 0 Å². The molecule has 1 fully saturated rings. The first-order valence-corrected chi connectivity index (χ1v) is 6.54. The molecule has 0 spiro atoms. The highest BCUT2D eigenvalue weighted by molar-refractivity contribution is 5.68. The minimum Gasteiger partial charge on any atom is -0.444 e. The van der Waals surface area contributed by atoms with Gasteiger partial charge in [-0.3, -0.25) is 0 Å². The summed E-state index contributed by atoms with van der Waals surface area (Å²) < 4.78 is 5.38. The molecule has 17 heavy (non-hydrogen) atoms. The molecule has 0 aliphatic carbocycles. The lowest BCUT2D eigenvalue weighted by molar-refractivity contribution is 0.00599. The number of nitrogens with zero attached hydrogens (tertiary/aromatic N) is 1. The van der Waals surface area contributed by atoms with Crippen LogP contribution in [0.15, 0.2) is 0 Å². The van der Waals surface area contributed by atoms with Crippen molar-refractivity contribution in [1.29, 1.82) is 0 Å². The molecule has 1 heterocycles. The van der Waals surface area contributed by atoms with Gasteiger partial charge >= 0.3 is 6.09 Å². The number of carbonyl (C=O) groups is 1. The van der Waals surface area contributed by atoms with Crippen LogP contribution in [-0.2, 0) is 4.74 Å². The van der Waals surface area contributed by atoms with E-state index in [4.69, 9.17) is 4.74 Å². The second kappa shape index (κ2) is 6.24. The fourth-order valence-corrected chi connectivity index (χ4v) is 2.10. The molecule has 0 aromatic carbocycles. The van der Waals surface area contributed by atoms with Crippen molar-refractivity contribution in [3.05, 3.63) is 0 Å². The first-order chi connectivity index (χ1) is 7.94. The molecule has 1 aliphatic heterocycles. The molecule has 1 saturated heterocycles. The van der Waals surface area contributed by atoms with Gasteiger partial charge in [-0.1, -0.05) is 19.3 Å². The summed E-state index contributed by atoms with van der Waals surface area (Å²) in [5.74, 6) is 0. The minimum absolute atomic E-state index is 0.0270. The topological polar surface area (TPSA) is 49.8 Å². The van der Waals surface area contributed by atoms with Gasteiger partial charge < -0.3 is 14.7 Å². The van der Waals surface area contributed by atoms with Gasteiger partial charge in [0.2, 0.25) is 0 Å². The molecular formula is C13H25NO3. The molecule has 1 amide bonds. The van der Waals surface area contributed by atoms with Gasteiger partial charge in [0.15, 0.2) is 0 Å². The molecule has 0 saturated carbocycles. The maximum absolute atomic E-state index is 12.0. The summed E-state index contributed by atoms with van der Waals surface area (Å²) in [4.78, 5) is 13.7. The summed E-state index contributed by atoms with van der Waals surface area (Å²) in [5.41, 5.74) is -0.473. The smallest absolute Gasteiger partial charge is 0.410 e. The molecular weight excluding hydrogens is 218 g/mol. The first-order valence-electron chi connectivity index (χ1n) is 6.54. The highest BCUT2D eigenvalue weighted by Gasteiger charge is 2.28. The number of ether oxygens (including phenoxy) is 1. The number of carbonyl (C=O) groups excluding carboxylic acids is 1. The summed E-state index contributed by atoms with van der Waals surface area (Å²) in [6.07, 6.45) is 4.99. The van der Waals surface area contributed by atoms with Gasteiger partial charge in [0, 0.05) is 6.54 Å². The second-order valence-corrected chi connectivity index (χ2v) is 5.71. The van der Waals surface area contributed by atoms with E-state index in [1.54, 1.807) is 4.90 Å². The monoisotopic (exact) mass is 243 g/mol. The van der Waals surface area contributed by atoms with E-state index in [1.165, 1.54) is 6.42 Å². The van der Waals surface area contributed by atoms with E-state index < -0.39 is 5.60 Å². The largest absolute Gasteiger partial charge is 0.444 e. The van der Waals surface area contributed by atoms with Gasteiger partial charge in [0.1, 0.15) is 5.60 Å². The zero-order valence-electron chi connectivity index (χ0n) is 11.2. The van der Waals surface area contributed by atoms with Gasteiger partial charge in [-0.25, -0.2) is 4.79 Å². The highest BCUT2D eigenvalue weighted by Crippen LogP contribution is 2.19. The summed E-state index contributed by atoms with van der Waals surface area (Å²) in [6.45, 7) is 6.31. The predicted octanol–water partition coefficient (Wildman–Crippen LogP) is 2.55. The van der Waals surface area contributed by atoms with E-state index in [0.717, 1.165) is 25.7 Å². The minimum atomic E-state index is -0.473. The number of aliphatic hydroxyl groups excluding tert-OH is 1. The molecule has 0 aromatic rings. The third-order valence-corrected chi connectivity index (χ3v) is 2.97. The third-order valence-electron chi connectivity index (χ3n) is 2.97. The Bertz CT molecular complexity index is 248. The Morgan fingerprint density at radius 1 is 1.29 bits per heavy atom. The number of hydrogen-bond donors (Lipinski definition) is 1. The molecule has 1 aliphatic rings. The van der Waals surface area contributed by atoms with E-state index in [2.05, 4.69) is 0 Å². The molecule has 0 radical (unpaired) electrons. The lowest BCUT2D eigenvalue weighted by Crippen LogP contribution is -2.46. The second-order valence-electron chi connectivity index (χ2n) is 5.71. The molecule has 4 nitrogen and oxygen atoms in total. The van der Waals surface area contributed by atoms with Crippen LogP contribution in [0.1, 0.15) is 52.9 Å². The van der Waals surface area contributed by atoms with Crippen LogP contribution in [0, 0.1) is 0 Å². The Morgan fingerprint density at radius 2 is 1.94 bits per heavy atom. The lowest BCUT2D eigenvalue weighted by Gasteiger charge is -2.34. The van der Waals surface area contributed by atoms with E-state index >= 15 is 0 Å². The SMILES string of the molecule is CC(C)(C)OC(=O)N1CCCCCC[C@H]1CO. The van der Waals surface area contributed by atoms with Crippen molar-refractivity contribution >= 4 is 6.09 Å². The molecule has 1 atom stereocenters. The Kier molecular flexibility index (Phi) is 5.25. The Labute approximate surface area is 104 Å². The van der Waals surface area contributed by atoms with Crippen LogP contribution in [-0.4, -0.2) is 40.9 Å². The van der Waals surface area contributed by atoms with Crippen LogP contribution in [0.4, 0.5) is 4.79 Å². The van der Waals surface area contributed by atoms with E-state index in [0.29, 0.717) is 6.54 Å². The lowest BCUT2D eigenvalue weighted by atomic mass is 10.0. The number of likely N-dealkylation sites (tertiary alicyclic amines) is 1. The fourth-order valence-electron chi connectivity index (χ4n) is 2.10. The highest BCUT2D eigenvalue weighted by atomic mass is 16.6. The van der Waals surface area contributed by atoms with Gasteiger partial charge in [-0.15, -0.1) is 0 Å². The third kappa shape index (κ3) is 4.94. The maximum Gasteiger partial charge on any atom is 0.410 e. The quantitative estimate of drug-likeness (QED) is 0.770. The van der Waals surface area contributed by atoms with Crippen LogP contribution in [0.5, 0.6) is 0 Å². The molecule has 1 N–H and O–H groups in total. The number of amides is 1. The standard InChI is InChI=1S/C13H25NO3/c1-13(2,3)17-12(16)14-9-7-5-4-6-8-11(14)10-15/h11,15H,4-10H2,1-3H3/t11-/m0/s1. The van der Waals surface area contributed by atoms with Crippen LogP contribution >= 0.6 is 0 Å². The van der Waals surface area contributed by atoms with E-state index in [-0.39, 0.29) is 18.7 Å². The van der Waals surface area contributed by atoms with Crippen LogP contribution in [0.25, 0.3) is 0 Å². The van der Waals surface area contributed by atoms with Crippen molar-refractivity contribution in [1.82, 2.24) is 4.90 Å². The number of hydrogen-bond acceptors (Lipinski definition) is 3. The Hall–Kier alpha value is -0.770. The van der Waals surface area contributed by atoms with E-state index in [1.807, 2.05) is 20.8 Å². The molecule has 4 heteroatoms. The molecule has 0 aromatic heterocycles. The summed E-state index contributed by atoms with van der Waals surface area (Å²) in [5, 5.41) is 9.38. The van der Waals surface area contributed by atoms with Crippen LogP contribution < -0.4 is 0 Å². The van der Waals surface area contributed by atoms with Crippen molar-refractivity contribution in [2.24, 2.45) is 0 Å². The predicted molar refractivity (Wildman–Crippen MR) is 66.9 cm³/mol. The Morgan fingerprint density at radius 3 is 2.53 bits per heavy atom. The average molecular weight is 243 g/mol. The maximum atomic E-state index is 12.0. The van der Waals surface area contributed by atoms with Crippen molar-refractivity contribution < 1.29 is 14.6 Å². The van der Waals surface area contributed by atoms with Gasteiger partial charge in [-0.2, -0.15) is 0 Å². The summed E-state index contributed by atoms with van der Waals surface area (Å²) >= 11 is 0. The summed E-state index contributed by atoms with van der Waals surface area (Å²) in [7, 11) is 0. The molecule has 100 valence electrons. The van der Waals surface area contributed by atoms with Gasteiger partial charge in [0.25, 0.3) is 0 Å². The normalized spacial score (nSPS) is 22.8. The fraction of sp³-hybridized carbons (Fsp3) is 0.923. The van der Waals surface area contributed by atoms with Crippen molar-refractivity contribution in [2.45, 2.75) is 64.5 Å². The van der Waals surface area contributed by atoms with Crippen LogP contribution in [0.2, 0.25) is 0 Å². The molecule has 0 unspecified atom stereocenters. The molecule has 1 rings (SSSR count). The van der Waals surface area contributed by atoms with Crippen molar-refractivity contribution in [2.75, 3.05) is 13.2 Å². The Balaban J connectivity index is 2.64. The zero-order chi connectivity index (χ0) is 12.9. The van der Waals surface area contributed by atoms with E-state index in [9.17, 15) is 9.90 Å². The van der Waals surface area contributed by atoms with Crippen molar-refractivity contribution in [3.8, 4) is 0 Å². The van der Waals surface area contributed by atoms with Gasteiger partial charge in [0.05, 0.1) is 12.6 Å². The van der Waals surface area contributed by atoms with Crippen molar-refractivity contribution in [3.63, 3.8) is 0 Å². The number of rotatable bonds is 1. The zero-order valence-corrected chi connectivity index (χ0v) is 11.2. The average Bonchev–Trinajstić information content (AvgIpc) is 2.14. The molecule has 0 bridgehead atoms. The van der Waals surface area contributed by atoms with Gasteiger partial charge in [-0.05, 0) is 33.6 Å². The number of aliphatic hydroxyl groups is 1.